The quantitative estimate of drug-likeness (QED) is 0.731. The molecule has 1 aromatic heterocycles. The molecule has 4 nitrogen and oxygen atoms in total. The number of anilines is 1. The summed E-state index contributed by atoms with van der Waals surface area (Å²) in [6, 6.07) is 21.3. The van der Waals surface area contributed by atoms with E-state index in [0.717, 1.165) is 35.5 Å². The SMILES string of the molecule is NC(=O)c1ccccc1-c1ccc(NCCc2ccccn2)cc1. The summed E-state index contributed by atoms with van der Waals surface area (Å²) >= 11 is 0. The van der Waals surface area contributed by atoms with Gasteiger partial charge in [-0.15, -0.1) is 0 Å². The number of nitrogens with one attached hydrogen (secondary N) is 1. The van der Waals surface area contributed by atoms with Crippen LogP contribution in [0.3, 0.4) is 0 Å². The van der Waals surface area contributed by atoms with E-state index in [2.05, 4.69) is 10.3 Å². The Kier molecular flexibility index (Phi) is 4.87. The van der Waals surface area contributed by atoms with Gasteiger partial charge in [0.25, 0.3) is 0 Å². The van der Waals surface area contributed by atoms with Gasteiger partial charge < -0.3 is 11.1 Å². The summed E-state index contributed by atoms with van der Waals surface area (Å²) in [5.74, 6) is -0.414. The first-order valence-electron chi connectivity index (χ1n) is 7.87. The Labute approximate surface area is 141 Å². The van der Waals surface area contributed by atoms with E-state index in [0.29, 0.717) is 5.56 Å². The number of carbonyl (C=O) groups is 1. The fourth-order valence-corrected chi connectivity index (χ4v) is 2.60. The number of hydrogen-bond donors (Lipinski definition) is 2. The smallest absolute Gasteiger partial charge is 0.249 e. The lowest BCUT2D eigenvalue weighted by Gasteiger charge is -2.09. The van der Waals surface area contributed by atoms with Crippen LogP contribution in [0.2, 0.25) is 0 Å². The Bertz CT molecular complexity index is 814. The van der Waals surface area contributed by atoms with Crippen molar-refractivity contribution in [3.8, 4) is 11.1 Å². The maximum atomic E-state index is 11.5. The average Bonchev–Trinajstić information content (AvgIpc) is 2.63. The minimum Gasteiger partial charge on any atom is -0.385 e. The van der Waals surface area contributed by atoms with Crippen molar-refractivity contribution in [2.24, 2.45) is 5.73 Å². The van der Waals surface area contributed by atoms with Gasteiger partial charge in [-0.3, -0.25) is 9.78 Å². The normalized spacial score (nSPS) is 10.3. The second-order valence-electron chi connectivity index (χ2n) is 5.49. The van der Waals surface area contributed by atoms with Gasteiger partial charge in [-0.25, -0.2) is 0 Å². The Hall–Kier alpha value is -3.14. The Morgan fingerprint density at radius 2 is 1.71 bits per heavy atom. The molecule has 0 aliphatic carbocycles. The predicted molar refractivity (Wildman–Crippen MR) is 96.8 cm³/mol. The number of nitrogens with two attached hydrogens (primary N) is 1. The first kappa shape index (κ1) is 15.7. The average molecular weight is 317 g/mol. The van der Waals surface area contributed by atoms with Gasteiger partial charge in [-0.2, -0.15) is 0 Å². The van der Waals surface area contributed by atoms with E-state index in [1.54, 1.807) is 12.3 Å². The zero-order chi connectivity index (χ0) is 16.8. The highest BCUT2D eigenvalue weighted by Crippen LogP contribution is 2.24. The van der Waals surface area contributed by atoms with Crippen molar-refractivity contribution in [1.82, 2.24) is 4.98 Å². The van der Waals surface area contributed by atoms with Gasteiger partial charge in [0.15, 0.2) is 0 Å². The molecule has 0 unspecified atom stereocenters. The molecule has 3 N–H and O–H groups in total. The Morgan fingerprint density at radius 1 is 0.958 bits per heavy atom. The summed E-state index contributed by atoms with van der Waals surface area (Å²) in [5, 5.41) is 3.38. The van der Waals surface area contributed by atoms with E-state index in [-0.39, 0.29) is 0 Å². The molecule has 24 heavy (non-hydrogen) atoms. The molecule has 0 aliphatic rings. The largest absolute Gasteiger partial charge is 0.385 e. The van der Waals surface area contributed by atoms with Crippen LogP contribution in [0.4, 0.5) is 5.69 Å². The van der Waals surface area contributed by atoms with Crippen LogP contribution >= 0.6 is 0 Å². The van der Waals surface area contributed by atoms with E-state index in [1.165, 1.54) is 0 Å². The number of aromatic nitrogens is 1. The lowest BCUT2D eigenvalue weighted by Crippen LogP contribution is -2.12. The first-order valence-corrected chi connectivity index (χ1v) is 7.87. The van der Waals surface area contributed by atoms with Gasteiger partial charge in [-0.05, 0) is 41.5 Å². The molecule has 0 radical (unpaired) electrons. The van der Waals surface area contributed by atoms with Crippen LogP contribution in [0.15, 0.2) is 72.9 Å². The molecule has 0 aliphatic heterocycles. The molecule has 4 heteroatoms. The van der Waals surface area contributed by atoms with E-state index in [1.807, 2.05) is 60.7 Å². The van der Waals surface area contributed by atoms with Gasteiger partial charge in [0.05, 0.1) is 0 Å². The number of benzene rings is 2. The highest BCUT2D eigenvalue weighted by atomic mass is 16.1. The van der Waals surface area contributed by atoms with Crippen LogP contribution in [-0.2, 0) is 6.42 Å². The number of primary amides is 1. The van der Waals surface area contributed by atoms with Gasteiger partial charge >= 0.3 is 0 Å². The highest BCUT2D eigenvalue weighted by Gasteiger charge is 2.08. The summed E-state index contributed by atoms with van der Waals surface area (Å²) in [7, 11) is 0. The third-order valence-corrected chi connectivity index (χ3v) is 3.82. The molecule has 0 saturated carbocycles. The number of hydrogen-bond acceptors (Lipinski definition) is 3. The van der Waals surface area contributed by atoms with Gasteiger partial charge in [0, 0.05) is 36.1 Å². The van der Waals surface area contributed by atoms with Crippen molar-refractivity contribution in [2.75, 3.05) is 11.9 Å². The van der Waals surface area contributed by atoms with Gasteiger partial charge in [0.1, 0.15) is 0 Å². The fraction of sp³-hybridized carbons (Fsp3) is 0.100. The van der Waals surface area contributed by atoms with E-state index < -0.39 is 5.91 Å². The maximum Gasteiger partial charge on any atom is 0.249 e. The van der Waals surface area contributed by atoms with E-state index >= 15 is 0 Å². The Balaban J connectivity index is 1.67. The molecular weight excluding hydrogens is 298 g/mol. The second-order valence-corrected chi connectivity index (χ2v) is 5.49. The number of nitrogens with zero attached hydrogens (tertiary/aromatic N) is 1. The zero-order valence-electron chi connectivity index (χ0n) is 13.3. The Morgan fingerprint density at radius 3 is 2.42 bits per heavy atom. The van der Waals surface area contributed by atoms with Crippen LogP contribution in [0.5, 0.6) is 0 Å². The highest BCUT2D eigenvalue weighted by molar-refractivity contribution is 5.99. The summed E-state index contributed by atoms with van der Waals surface area (Å²) in [4.78, 5) is 15.8. The molecular formula is C20H19N3O. The number of carbonyl (C=O) groups excluding carboxylic acids is 1. The van der Waals surface area contributed by atoms with Crippen LogP contribution in [0, 0.1) is 0 Å². The first-order chi connectivity index (χ1) is 11.7. The summed E-state index contributed by atoms with van der Waals surface area (Å²) in [6.45, 7) is 0.814. The lowest BCUT2D eigenvalue weighted by molar-refractivity contribution is 0.100. The molecule has 120 valence electrons. The molecule has 1 heterocycles. The standard InChI is InChI=1S/C20H19N3O/c21-20(24)19-7-2-1-6-18(19)15-8-10-17(11-9-15)23-14-12-16-5-3-4-13-22-16/h1-11,13,23H,12,14H2,(H2,21,24). The summed E-state index contributed by atoms with van der Waals surface area (Å²) in [6.07, 6.45) is 2.67. The van der Waals surface area contributed by atoms with E-state index in [9.17, 15) is 4.79 Å². The molecule has 0 spiro atoms. The lowest BCUT2D eigenvalue weighted by atomic mass is 9.99. The van der Waals surface area contributed by atoms with Crippen molar-refractivity contribution in [1.29, 1.82) is 0 Å². The van der Waals surface area contributed by atoms with Crippen LogP contribution < -0.4 is 11.1 Å². The molecule has 0 saturated heterocycles. The molecule has 0 bridgehead atoms. The summed E-state index contributed by atoms with van der Waals surface area (Å²) < 4.78 is 0. The van der Waals surface area contributed by atoms with Crippen molar-refractivity contribution in [2.45, 2.75) is 6.42 Å². The van der Waals surface area contributed by atoms with Crippen LogP contribution in [0.1, 0.15) is 16.1 Å². The van der Waals surface area contributed by atoms with Crippen molar-refractivity contribution in [3.05, 3.63) is 84.2 Å². The number of pyridine rings is 1. The molecule has 1 amide bonds. The molecule has 3 rings (SSSR count). The molecule has 2 aromatic carbocycles. The minimum atomic E-state index is -0.414. The monoisotopic (exact) mass is 317 g/mol. The van der Waals surface area contributed by atoms with Gasteiger partial charge in [0.2, 0.25) is 5.91 Å². The van der Waals surface area contributed by atoms with Gasteiger partial charge in [-0.1, -0.05) is 36.4 Å². The molecule has 0 fully saturated rings. The fourth-order valence-electron chi connectivity index (χ4n) is 2.60. The molecule has 3 aromatic rings. The summed E-state index contributed by atoms with van der Waals surface area (Å²) in [5.41, 5.74) is 9.91. The second kappa shape index (κ2) is 7.42. The van der Waals surface area contributed by atoms with Crippen molar-refractivity contribution in [3.63, 3.8) is 0 Å². The topological polar surface area (TPSA) is 68.0 Å². The third-order valence-electron chi connectivity index (χ3n) is 3.82. The third kappa shape index (κ3) is 3.79. The van der Waals surface area contributed by atoms with Crippen molar-refractivity contribution < 1.29 is 4.79 Å². The number of rotatable bonds is 6. The number of amides is 1. The maximum absolute atomic E-state index is 11.5. The van der Waals surface area contributed by atoms with Crippen molar-refractivity contribution >= 4 is 11.6 Å². The minimum absolute atomic E-state index is 0.414. The zero-order valence-corrected chi connectivity index (χ0v) is 13.3. The van der Waals surface area contributed by atoms with Crippen LogP contribution in [-0.4, -0.2) is 17.4 Å². The van der Waals surface area contributed by atoms with Crippen LogP contribution in [0.25, 0.3) is 11.1 Å². The molecule has 0 atom stereocenters. The predicted octanol–water partition coefficient (Wildman–Crippen LogP) is 3.50. The van der Waals surface area contributed by atoms with E-state index in [4.69, 9.17) is 5.73 Å².